The van der Waals surface area contributed by atoms with Crippen LogP contribution in [0.2, 0.25) is 0 Å². The van der Waals surface area contributed by atoms with Crippen molar-refractivity contribution in [2.24, 2.45) is 4.40 Å². The molecule has 0 radical (unpaired) electrons. The van der Waals surface area contributed by atoms with Gasteiger partial charge in [0.25, 0.3) is 0 Å². The summed E-state index contributed by atoms with van der Waals surface area (Å²) in [4.78, 5) is 0. The van der Waals surface area contributed by atoms with E-state index in [2.05, 4.69) is 4.40 Å². The standard InChI is InChI=1S/C12H16N2O4S/c1-3-14(4-2)19(15,16)13-8-10-5-6-11-12(7-10)18-9-17-11/h5-8H,3-4,9H2,1-2H3. The number of rotatable bonds is 5. The van der Waals surface area contributed by atoms with Crippen LogP contribution in [-0.2, 0) is 10.2 Å². The van der Waals surface area contributed by atoms with E-state index in [1.54, 1.807) is 32.0 Å². The van der Waals surface area contributed by atoms with Gasteiger partial charge in [-0.3, -0.25) is 0 Å². The highest BCUT2D eigenvalue weighted by Crippen LogP contribution is 2.32. The van der Waals surface area contributed by atoms with Gasteiger partial charge in [-0.25, -0.2) is 0 Å². The van der Waals surface area contributed by atoms with E-state index in [-0.39, 0.29) is 6.79 Å². The van der Waals surface area contributed by atoms with Crippen LogP contribution in [0.3, 0.4) is 0 Å². The Morgan fingerprint density at radius 2 is 1.95 bits per heavy atom. The first-order valence-corrected chi connectivity index (χ1v) is 7.41. The lowest BCUT2D eigenvalue weighted by Gasteiger charge is -2.13. The minimum Gasteiger partial charge on any atom is -0.454 e. The van der Waals surface area contributed by atoms with Gasteiger partial charge >= 0.3 is 10.2 Å². The van der Waals surface area contributed by atoms with Crippen LogP contribution in [0.5, 0.6) is 11.5 Å². The third-order valence-corrected chi connectivity index (χ3v) is 4.30. The summed E-state index contributed by atoms with van der Waals surface area (Å²) in [7, 11) is -3.60. The van der Waals surface area contributed by atoms with Gasteiger partial charge in [-0.05, 0) is 23.8 Å². The van der Waals surface area contributed by atoms with Gasteiger partial charge in [0.2, 0.25) is 6.79 Å². The molecule has 0 saturated heterocycles. The maximum Gasteiger partial charge on any atom is 0.322 e. The molecular formula is C12H16N2O4S. The molecule has 0 unspecified atom stereocenters. The van der Waals surface area contributed by atoms with Gasteiger partial charge in [0.1, 0.15) is 0 Å². The number of hydrogen-bond donors (Lipinski definition) is 0. The van der Waals surface area contributed by atoms with Crippen molar-refractivity contribution in [1.29, 1.82) is 0 Å². The van der Waals surface area contributed by atoms with Crippen LogP contribution in [0.1, 0.15) is 19.4 Å². The Kier molecular flexibility index (Phi) is 4.06. The number of hydrogen-bond acceptors (Lipinski definition) is 4. The number of fused-ring (bicyclic) bond motifs is 1. The van der Waals surface area contributed by atoms with Crippen LogP contribution in [0, 0.1) is 0 Å². The number of benzene rings is 1. The van der Waals surface area contributed by atoms with Gasteiger partial charge in [-0.2, -0.15) is 17.1 Å². The first-order chi connectivity index (χ1) is 9.06. The van der Waals surface area contributed by atoms with E-state index in [9.17, 15) is 8.42 Å². The van der Waals surface area contributed by atoms with Crippen molar-refractivity contribution in [2.75, 3.05) is 19.9 Å². The minimum atomic E-state index is -3.60. The average molecular weight is 284 g/mol. The Hall–Kier alpha value is -1.60. The molecule has 0 aliphatic carbocycles. The predicted molar refractivity (Wildman–Crippen MR) is 72.0 cm³/mol. The highest BCUT2D eigenvalue weighted by Gasteiger charge is 2.17. The lowest BCUT2D eigenvalue weighted by Crippen LogP contribution is -2.28. The van der Waals surface area contributed by atoms with Gasteiger partial charge in [0, 0.05) is 19.3 Å². The first-order valence-electron chi connectivity index (χ1n) is 6.02. The zero-order valence-corrected chi connectivity index (χ0v) is 11.7. The molecule has 0 spiro atoms. The molecule has 2 rings (SSSR count). The Labute approximate surface area is 112 Å². The number of ether oxygens (including phenoxy) is 2. The smallest absolute Gasteiger partial charge is 0.322 e. The molecule has 1 aliphatic heterocycles. The van der Waals surface area contributed by atoms with Crippen LogP contribution in [-0.4, -0.2) is 38.8 Å². The second kappa shape index (κ2) is 5.58. The number of nitrogens with zero attached hydrogens (tertiary/aromatic N) is 2. The summed E-state index contributed by atoms with van der Waals surface area (Å²) in [5, 5.41) is 0. The lowest BCUT2D eigenvalue weighted by molar-refractivity contribution is 0.174. The van der Waals surface area contributed by atoms with E-state index < -0.39 is 10.2 Å². The van der Waals surface area contributed by atoms with Gasteiger partial charge in [-0.15, -0.1) is 0 Å². The molecule has 0 amide bonds. The van der Waals surface area contributed by atoms with Crippen molar-refractivity contribution in [3.63, 3.8) is 0 Å². The largest absolute Gasteiger partial charge is 0.454 e. The van der Waals surface area contributed by atoms with Crippen LogP contribution in [0.4, 0.5) is 0 Å². The van der Waals surface area contributed by atoms with Crippen molar-refractivity contribution in [3.8, 4) is 11.5 Å². The normalized spacial score (nSPS) is 14.5. The molecule has 1 aliphatic rings. The Bertz CT molecular complexity index is 579. The molecule has 0 saturated carbocycles. The Morgan fingerprint density at radius 3 is 2.63 bits per heavy atom. The van der Waals surface area contributed by atoms with Crippen molar-refractivity contribution in [1.82, 2.24) is 4.31 Å². The Balaban J connectivity index is 2.19. The zero-order chi connectivity index (χ0) is 13.9. The van der Waals surface area contributed by atoms with E-state index in [1.165, 1.54) is 10.5 Å². The molecule has 7 heteroatoms. The van der Waals surface area contributed by atoms with Crippen molar-refractivity contribution in [2.45, 2.75) is 13.8 Å². The molecule has 19 heavy (non-hydrogen) atoms. The molecule has 1 heterocycles. The fraction of sp³-hybridized carbons (Fsp3) is 0.417. The van der Waals surface area contributed by atoms with Crippen molar-refractivity contribution in [3.05, 3.63) is 23.8 Å². The first kappa shape index (κ1) is 13.8. The maximum atomic E-state index is 11.9. The quantitative estimate of drug-likeness (QED) is 0.767. The van der Waals surface area contributed by atoms with Crippen LogP contribution < -0.4 is 9.47 Å². The monoisotopic (exact) mass is 284 g/mol. The molecule has 0 aromatic heterocycles. The summed E-state index contributed by atoms with van der Waals surface area (Å²) in [5.74, 6) is 1.26. The van der Waals surface area contributed by atoms with Crippen molar-refractivity contribution >= 4 is 16.4 Å². The topological polar surface area (TPSA) is 68.2 Å². The molecule has 0 atom stereocenters. The second-order valence-corrected chi connectivity index (χ2v) is 5.53. The summed E-state index contributed by atoms with van der Waals surface area (Å²) >= 11 is 0. The molecule has 0 bridgehead atoms. The lowest BCUT2D eigenvalue weighted by atomic mass is 10.2. The minimum absolute atomic E-state index is 0.188. The highest BCUT2D eigenvalue weighted by atomic mass is 32.2. The van der Waals surface area contributed by atoms with Crippen LogP contribution in [0.25, 0.3) is 0 Å². The van der Waals surface area contributed by atoms with Crippen LogP contribution >= 0.6 is 0 Å². The van der Waals surface area contributed by atoms with Gasteiger partial charge in [0.15, 0.2) is 11.5 Å². The molecule has 0 fully saturated rings. The third kappa shape index (κ3) is 3.05. The average Bonchev–Trinajstić information content (AvgIpc) is 2.85. The summed E-state index contributed by atoms with van der Waals surface area (Å²) < 4.78 is 39.1. The summed E-state index contributed by atoms with van der Waals surface area (Å²) in [5.41, 5.74) is 0.653. The summed E-state index contributed by atoms with van der Waals surface area (Å²) in [6, 6.07) is 5.16. The van der Waals surface area contributed by atoms with Crippen LogP contribution in [0.15, 0.2) is 22.6 Å². The van der Waals surface area contributed by atoms with Gasteiger partial charge < -0.3 is 9.47 Å². The second-order valence-electron chi connectivity index (χ2n) is 3.91. The van der Waals surface area contributed by atoms with Gasteiger partial charge in [-0.1, -0.05) is 13.8 Å². The fourth-order valence-corrected chi connectivity index (χ4v) is 2.78. The molecular weight excluding hydrogens is 268 g/mol. The SMILES string of the molecule is CCN(CC)S(=O)(=O)N=Cc1ccc2c(c1)OCO2. The molecule has 1 aromatic carbocycles. The van der Waals surface area contributed by atoms with E-state index in [4.69, 9.17) is 9.47 Å². The third-order valence-electron chi connectivity index (χ3n) is 2.76. The summed E-state index contributed by atoms with van der Waals surface area (Å²) in [6.07, 6.45) is 1.32. The zero-order valence-electron chi connectivity index (χ0n) is 10.9. The Morgan fingerprint density at radius 1 is 1.26 bits per heavy atom. The van der Waals surface area contributed by atoms with E-state index >= 15 is 0 Å². The van der Waals surface area contributed by atoms with E-state index in [0.29, 0.717) is 30.2 Å². The van der Waals surface area contributed by atoms with E-state index in [1.807, 2.05) is 0 Å². The molecule has 0 N–H and O–H groups in total. The van der Waals surface area contributed by atoms with Crippen molar-refractivity contribution < 1.29 is 17.9 Å². The predicted octanol–water partition coefficient (Wildman–Crippen LogP) is 1.42. The van der Waals surface area contributed by atoms with Gasteiger partial charge in [0.05, 0.1) is 0 Å². The molecule has 1 aromatic rings. The fourth-order valence-electron chi connectivity index (χ4n) is 1.74. The molecule has 6 nitrogen and oxygen atoms in total. The molecule has 104 valence electrons. The highest BCUT2D eigenvalue weighted by molar-refractivity contribution is 7.87. The maximum absolute atomic E-state index is 11.9. The van der Waals surface area contributed by atoms with E-state index in [0.717, 1.165) is 0 Å². The summed E-state index contributed by atoms with van der Waals surface area (Å²) in [6.45, 7) is 4.54.